The molecule has 0 unspecified atom stereocenters. The highest BCUT2D eigenvalue weighted by Gasteiger charge is 2.19. The van der Waals surface area contributed by atoms with E-state index in [1.54, 1.807) is 0 Å². The molecule has 2 N–H and O–H groups in total. The highest BCUT2D eigenvalue weighted by atomic mass is 16.5. The number of amides is 1. The molecule has 3 heterocycles. The molecule has 24 heavy (non-hydrogen) atoms. The summed E-state index contributed by atoms with van der Waals surface area (Å²) >= 11 is 0. The number of rotatable bonds is 3. The molecular formula is C18H20N4O2. The first-order valence-electron chi connectivity index (χ1n) is 8.23. The van der Waals surface area contributed by atoms with E-state index in [2.05, 4.69) is 15.4 Å². The number of para-hydroxylation sites is 1. The van der Waals surface area contributed by atoms with Crippen molar-refractivity contribution in [2.75, 3.05) is 18.5 Å². The van der Waals surface area contributed by atoms with Crippen molar-refractivity contribution in [1.82, 2.24) is 14.8 Å². The molecule has 0 saturated carbocycles. The number of nitrogens with one attached hydrogen (secondary N) is 2. The van der Waals surface area contributed by atoms with Crippen LogP contribution in [0.1, 0.15) is 35.1 Å². The third-order valence-electron chi connectivity index (χ3n) is 4.50. The lowest BCUT2D eigenvalue weighted by Crippen LogP contribution is -2.20. The lowest BCUT2D eigenvalue weighted by atomic mass is 10.1. The van der Waals surface area contributed by atoms with Crippen LogP contribution in [0.15, 0.2) is 36.5 Å². The number of anilines is 1. The zero-order valence-corrected chi connectivity index (χ0v) is 13.6. The molecule has 1 saturated heterocycles. The minimum atomic E-state index is -0.152. The van der Waals surface area contributed by atoms with Crippen molar-refractivity contribution in [2.24, 2.45) is 0 Å². The van der Waals surface area contributed by atoms with Gasteiger partial charge in [0.25, 0.3) is 5.91 Å². The van der Waals surface area contributed by atoms with E-state index in [0.29, 0.717) is 11.7 Å². The van der Waals surface area contributed by atoms with Gasteiger partial charge in [-0.05, 0) is 31.9 Å². The number of carbonyl (C=O) groups excluding carboxylic acids is 1. The van der Waals surface area contributed by atoms with E-state index < -0.39 is 0 Å². The van der Waals surface area contributed by atoms with E-state index in [-0.39, 0.29) is 5.91 Å². The Balaban J connectivity index is 1.53. The van der Waals surface area contributed by atoms with Gasteiger partial charge < -0.3 is 15.0 Å². The van der Waals surface area contributed by atoms with Crippen LogP contribution in [-0.4, -0.2) is 33.9 Å². The average molecular weight is 324 g/mol. The van der Waals surface area contributed by atoms with Gasteiger partial charge in [0.05, 0.1) is 17.4 Å². The molecule has 6 heteroatoms. The minimum absolute atomic E-state index is 0.152. The van der Waals surface area contributed by atoms with Gasteiger partial charge in [0, 0.05) is 30.3 Å². The van der Waals surface area contributed by atoms with E-state index in [0.717, 1.165) is 48.3 Å². The van der Waals surface area contributed by atoms with Crippen LogP contribution < -0.4 is 5.32 Å². The number of aryl methyl sites for hydroxylation is 1. The summed E-state index contributed by atoms with van der Waals surface area (Å²) < 4.78 is 7.35. The normalized spacial score (nSPS) is 15.7. The average Bonchev–Trinajstić information content (AvgIpc) is 3.20. The largest absolute Gasteiger partial charge is 0.381 e. The van der Waals surface area contributed by atoms with Gasteiger partial charge in [-0.25, -0.2) is 0 Å². The van der Waals surface area contributed by atoms with Crippen molar-refractivity contribution in [3.8, 4) is 0 Å². The Morgan fingerprint density at radius 2 is 2.12 bits per heavy atom. The third kappa shape index (κ3) is 2.80. The van der Waals surface area contributed by atoms with Crippen LogP contribution in [0.25, 0.3) is 10.9 Å². The summed E-state index contributed by atoms with van der Waals surface area (Å²) in [7, 11) is 0. The van der Waals surface area contributed by atoms with E-state index >= 15 is 0 Å². The predicted molar refractivity (Wildman–Crippen MR) is 92.3 cm³/mol. The Bertz CT molecular complexity index is 841. The molecule has 6 nitrogen and oxygen atoms in total. The van der Waals surface area contributed by atoms with Crippen molar-refractivity contribution in [2.45, 2.75) is 25.8 Å². The molecule has 0 atom stereocenters. The molecular weight excluding hydrogens is 304 g/mol. The highest BCUT2D eigenvalue weighted by Crippen LogP contribution is 2.24. The first-order chi connectivity index (χ1) is 11.7. The standard InChI is InChI=1S/C18H20N4O2/c1-12-17(11-22(21-12)14-6-8-24-9-7-14)20-18(23)16-10-13-4-2-3-5-15(13)19-16/h2-5,10-11,14,19H,6-9H2,1H3,(H,20,23). The van der Waals surface area contributed by atoms with Crippen molar-refractivity contribution < 1.29 is 9.53 Å². The van der Waals surface area contributed by atoms with Crippen LogP contribution in [0.2, 0.25) is 0 Å². The number of hydrogen-bond acceptors (Lipinski definition) is 3. The Kier molecular flexibility index (Phi) is 3.82. The number of nitrogens with zero attached hydrogens (tertiary/aromatic N) is 2. The van der Waals surface area contributed by atoms with Crippen LogP contribution in [0.5, 0.6) is 0 Å². The minimum Gasteiger partial charge on any atom is -0.381 e. The van der Waals surface area contributed by atoms with Crippen molar-refractivity contribution in [3.63, 3.8) is 0 Å². The molecule has 4 rings (SSSR count). The molecule has 0 spiro atoms. The topological polar surface area (TPSA) is 71.9 Å². The van der Waals surface area contributed by atoms with Gasteiger partial charge in [-0.3, -0.25) is 9.48 Å². The number of aromatic amines is 1. The van der Waals surface area contributed by atoms with Gasteiger partial charge in [0.15, 0.2) is 0 Å². The van der Waals surface area contributed by atoms with E-state index in [9.17, 15) is 4.79 Å². The maximum atomic E-state index is 12.5. The zero-order chi connectivity index (χ0) is 16.5. The van der Waals surface area contributed by atoms with Crippen LogP contribution in [0.4, 0.5) is 5.69 Å². The zero-order valence-electron chi connectivity index (χ0n) is 13.6. The number of aromatic nitrogens is 3. The molecule has 1 amide bonds. The molecule has 0 bridgehead atoms. The van der Waals surface area contributed by atoms with Gasteiger partial charge >= 0.3 is 0 Å². The van der Waals surface area contributed by atoms with Gasteiger partial charge in [0.2, 0.25) is 0 Å². The molecule has 1 fully saturated rings. The fraction of sp³-hybridized carbons (Fsp3) is 0.333. The quantitative estimate of drug-likeness (QED) is 0.776. The number of H-pyrrole nitrogens is 1. The summed E-state index contributed by atoms with van der Waals surface area (Å²) in [6.07, 6.45) is 3.83. The Hall–Kier alpha value is -2.60. The van der Waals surface area contributed by atoms with Crippen LogP contribution in [0, 0.1) is 6.92 Å². The number of carbonyl (C=O) groups is 1. The first-order valence-corrected chi connectivity index (χ1v) is 8.23. The first kappa shape index (κ1) is 15.0. The molecule has 1 aliphatic rings. The third-order valence-corrected chi connectivity index (χ3v) is 4.50. The van der Waals surface area contributed by atoms with E-state index in [1.165, 1.54) is 0 Å². The molecule has 0 radical (unpaired) electrons. The van der Waals surface area contributed by atoms with Crippen LogP contribution in [0.3, 0.4) is 0 Å². The fourth-order valence-corrected chi connectivity index (χ4v) is 3.13. The van der Waals surface area contributed by atoms with Gasteiger partial charge in [-0.1, -0.05) is 18.2 Å². The smallest absolute Gasteiger partial charge is 0.272 e. The lowest BCUT2D eigenvalue weighted by Gasteiger charge is -2.22. The second kappa shape index (κ2) is 6.13. The molecule has 2 aromatic heterocycles. The number of hydrogen-bond donors (Lipinski definition) is 2. The molecule has 3 aromatic rings. The van der Waals surface area contributed by atoms with Crippen molar-refractivity contribution in [3.05, 3.63) is 47.9 Å². The molecule has 1 aromatic carbocycles. The Morgan fingerprint density at radius 1 is 1.33 bits per heavy atom. The van der Waals surface area contributed by atoms with E-state index in [4.69, 9.17) is 4.74 Å². The van der Waals surface area contributed by atoms with Crippen LogP contribution in [-0.2, 0) is 4.74 Å². The summed E-state index contributed by atoms with van der Waals surface area (Å²) in [6, 6.07) is 10.1. The number of benzene rings is 1. The highest BCUT2D eigenvalue weighted by molar-refractivity contribution is 6.06. The summed E-state index contributed by atoms with van der Waals surface area (Å²) in [5.41, 5.74) is 3.09. The van der Waals surface area contributed by atoms with Crippen LogP contribution >= 0.6 is 0 Å². The Morgan fingerprint density at radius 3 is 2.92 bits per heavy atom. The van der Waals surface area contributed by atoms with Crippen molar-refractivity contribution in [1.29, 1.82) is 0 Å². The maximum Gasteiger partial charge on any atom is 0.272 e. The van der Waals surface area contributed by atoms with Gasteiger partial charge in [-0.2, -0.15) is 5.10 Å². The second-order valence-electron chi connectivity index (χ2n) is 6.18. The lowest BCUT2D eigenvalue weighted by molar-refractivity contribution is 0.0662. The molecule has 124 valence electrons. The summed E-state index contributed by atoms with van der Waals surface area (Å²) in [5.74, 6) is -0.152. The molecule has 0 aliphatic carbocycles. The van der Waals surface area contributed by atoms with Crippen molar-refractivity contribution >= 4 is 22.5 Å². The molecule has 1 aliphatic heterocycles. The summed E-state index contributed by atoms with van der Waals surface area (Å²) in [5, 5.41) is 8.55. The summed E-state index contributed by atoms with van der Waals surface area (Å²) in [4.78, 5) is 15.7. The maximum absolute atomic E-state index is 12.5. The Labute approximate surface area is 139 Å². The van der Waals surface area contributed by atoms with Gasteiger partial charge in [-0.15, -0.1) is 0 Å². The predicted octanol–water partition coefficient (Wildman–Crippen LogP) is 3.28. The monoisotopic (exact) mass is 324 g/mol. The summed E-state index contributed by atoms with van der Waals surface area (Å²) in [6.45, 7) is 3.44. The fourth-order valence-electron chi connectivity index (χ4n) is 3.13. The SMILES string of the molecule is Cc1nn(C2CCOCC2)cc1NC(=O)c1cc2ccccc2[nH]1. The number of fused-ring (bicyclic) bond motifs is 1. The van der Waals surface area contributed by atoms with E-state index in [1.807, 2.05) is 48.1 Å². The van der Waals surface area contributed by atoms with Gasteiger partial charge in [0.1, 0.15) is 5.69 Å². The second-order valence-corrected chi connectivity index (χ2v) is 6.18. The number of ether oxygens (including phenoxy) is 1.